The van der Waals surface area contributed by atoms with Crippen LogP contribution >= 0.6 is 0 Å². The van der Waals surface area contributed by atoms with Crippen LogP contribution in [-0.4, -0.2) is 28.1 Å². The number of hydrogen-bond acceptors (Lipinski definition) is 5. The van der Waals surface area contributed by atoms with Gasteiger partial charge in [-0.3, -0.25) is 20.0 Å². The van der Waals surface area contributed by atoms with Crippen molar-refractivity contribution in [2.24, 2.45) is 0 Å². The molecule has 0 fully saturated rings. The topological polar surface area (TPSA) is 110 Å². The molecule has 9 heteroatoms. The molecule has 1 heterocycles. The third-order valence-electron chi connectivity index (χ3n) is 3.33. The maximum absolute atomic E-state index is 14.0. The Kier molecular flexibility index (Phi) is 4.58. The van der Waals surface area contributed by atoms with Crippen LogP contribution in [-0.2, 0) is 0 Å². The van der Waals surface area contributed by atoms with Crippen molar-refractivity contribution in [1.29, 1.82) is 0 Å². The highest BCUT2D eigenvalue weighted by molar-refractivity contribution is 5.96. The van der Waals surface area contributed by atoms with E-state index >= 15 is 0 Å². The van der Waals surface area contributed by atoms with Gasteiger partial charge in [0.15, 0.2) is 0 Å². The van der Waals surface area contributed by atoms with Crippen molar-refractivity contribution in [2.45, 2.75) is 19.9 Å². The molecule has 1 aromatic carbocycles. The van der Waals surface area contributed by atoms with Gasteiger partial charge in [-0.2, -0.15) is 5.10 Å². The van der Waals surface area contributed by atoms with Crippen LogP contribution in [0.4, 0.5) is 10.1 Å². The predicted octanol–water partition coefficient (Wildman–Crippen LogP) is 2.27. The van der Waals surface area contributed by atoms with Crippen LogP contribution in [0, 0.1) is 22.9 Å². The molecular formula is C14H15FN4O4. The van der Waals surface area contributed by atoms with Gasteiger partial charge in [-0.25, -0.2) is 4.39 Å². The summed E-state index contributed by atoms with van der Waals surface area (Å²) in [5.74, 6) is -1.06. The number of ether oxygens (including phenoxy) is 1. The summed E-state index contributed by atoms with van der Waals surface area (Å²) in [6.45, 7) is 2.98. The molecule has 0 aliphatic heterocycles. The number of nitro groups is 1. The molecule has 1 amide bonds. The first-order chi connectivity index (χ1) is 10.9. The summed E-state index contributed by atoms with van der Waals surface area (Å²) in [4.78, 5) is 22.5. The summed E-state index contributed by atoms with van der Waals surface area (Å²) >= 11 is 0. The van der Waals surface area contributed by atoms with Gasteiger partial charge >= 0.3 is 5.69 Å². The fourth-order valence-electron chi connectivity index (χ4n) is 2.26. The van der Waals surface area contributed by atoms with E-state index in [1.165, 1.54) is 26.2 Å². The number of hydrogen-bond donors (Lipinski definition) is 2. The maximum atomic E-state index is 14.0. The molecule has 1 aromatic heterocycles. The van der Waals surface area contributed by atoms with Gasteiger partial charge in [-0.1, -0.05) is 6.07 Å². The van der Waals surface area contributed by atoms with E-state index in [4.69, 9.17) is 4.74 Å². The number of carbonyl (C=O) groups is 1. The lowest BCUT2D eigenvalue weighted by atomic mass is 10.1. The highest BCUT2D eigenvalue weighted by Gasteiger charge is 2.29. The number of carbonyl (C=O) groups excluding carboxylic acids is 1. The minimum atomic E-state index is -0.779. The average molecular weight is 322 g/mol. The van der Waals surface area contributed by atoms with E-state index in [9.17, 15) is 19.3 Å². The second kappa shape index (κ2) is 6.42. The van der Waals surface area contributed by atoms with E-state index in [1.807, 2.05) is 0 Å². The van der Waals surface area contributed by atoms with E-state index in [2.05, 4.69) is 15.5 Å². The Balaban J connectivity index is 2.30. The van der Waals surface area contributed by atoms with Crippen molar-refractivity contribution < 1.29 is 18.8 Å². The van der Waals surface area contributed by atoms with Crippen molar-refractivity contribution in [3.63, 3.8) is 0 Å². The molecular weight excluding hydrogens is 307 g/mol. The van der Waals surface area contributed by atoms with Crippen LogP contribution in [0.25, 0.3) is 0 Å². The van der Waals surface area contributed by atoms with Gasteiger partial charge in [0.2, 0.25) is 5.69 Å². The number of amides is 1. The Morgan fingerprint density at radius 1 is 1.52 bits per heavy atom. The molecule has 0 unspecified atom stereocenters. The molecule has 1 atom stereocenters. The second-order valence-electron chi connectivity index (χ2n) is 4.85. The summed E-state index contributed by atoms with van der Waals surface area (Å²) < 4.78 is 19.1. The summed E-state index contributed by atoms with van der Waals surface area (Å²) in [6.07, 6.45) is 0. The van der Waals surface area contributed by atoms with Crippen molar-refractivity contribution in [1.82, 2.24) is 15.5 Å². The molecule has 0 saturated heterocycles. The minimum absolute atomic E-state index is 0.151. The first kappa shape index (κ1) is 16.4. The molecule has 0 aliphatic rings. The number of rotatable bonds is 5. The Hall–Kier alpha value is -2.97. The smallest absolute Gasteiger partial charge is 0.322 e. The van der Waals surface area contributed by atoms with E-state index in [-0.39, 0.29) is 22.7 Å². The van der Waals surface area contributed by atoms with Crippen LogP contribution in [0.1, 0.15) is 34.7 Å². The van der Waals surface area contributed by atoms with Crippen LogP contribution in [0.5, 0.6) is 5.75 Å². The first-order valence-corrected chi connectivity index (χ1v) is 6.69. The normalized spacial score (nSPS) is 11.8. The largest absolute Gasteiger partial charge is 0.496 e. The number of aromatic nitrogens is 2. The molecule has 2 N–H and O–H groups in total. The van der Waals surface area contributed by atoms with E-state index in [0.29, 0.717) is 0 Å². The lowest BCUT2D eigenvalue weighted by Crippen LogP contribution is -2.28. The van der Waals surface area contributed by atoms with Crippen LogP contribution in [0.2, 0.25) is 0 Å². The number of benzene rings is 1. The van der Waals surface area contributed by atoms with Crippen molar-refractivity contribution in [3.8, 4) is 5.75 Å². The summed E-state index contributed by atoms with van der Waals surface area (Å²) in [7, 11) is 1.38. The average Bonchev–Trinajstić information content (AvgIpc) is 2.88. The Bertz CT molecular complexity index is 759. The van der Waals surface area contributed by atoms with Gasteiger partial charge in [0.05, 0.1) is 23.6 Å². The van der Waals surface area contributed by atoms with Gasteiger partial charge in [0.1, 0.15) is 17.3 Å². The highest BCUT2D eigenvalue weighted by atomic mass is 19.1. The van der Waals surface area contributed by atoms with Crippen molar-refractivity contribution in [3.05, 3.63) is 51.1 Å². The lowest BCUT2D eigenvalue weighted by Gasteiger charge is -2.17. The molecule has 0 aliphatic carbocycles. The highest BCUT2D eigenvalue weighted by Crippen LogP contribution is 2.28. The summed E-state index contributed by atoms with van der Waals surface area (Å²) in [5.41, 5.74) is -0.445. The standard InChI is InChI=1S/C14H15FN4O4/c1-7(11-9(15)5-4-6-10(11)23-3)16-14(20)12-13(19(21)22)8(2)17-18-12/h4-7H,1-3H3,(H,16,20)(H,17,18)/t7-/m0/s1. The quantitative estimate of drug-likeness (QED) is 0.648. The SMILES string of the molecule is COc1cccc(F)c1[C@H](C)NC(=O)c1n[nH]c(C)c1[N+](=O)[O-]. The molecule has 2 rings (SSSR count). The molecule has 8 nitrogen and oxygen atoms in total. The van der Waals surface area contributed by atoms with Crippen molar-refractivity contribution >= 4 is 11.6 Å². The molecule has 23 heavy (non-hydrogen) atoms. The number of H-pyrrole nitrogens is 1. The van der Waals surface area contributed by atoms with Crippen LogP contribution < -0.4 is 10.1 Å². The molecule has 2 aromatic rings. The fraction of sp³-hybridized carbons (Fsp3) is 0.286. The minimum Gasteiger partial charge on any atom is -0.496 e. The number of aryl methyl sites for hydroxylation is 1. The molecule has 0 spiro atoms. The van der Waals surface area contributed by atoms with E-state index in [0.717, 1.165) is 0 Å². The van der Waals surface area contributed by atoms with Gasteiger partial charge in [0.25, 0.3) is 5.91 Å². The zero-order valence-electron chi connectivity index (χ0n) is 12.7. The number of halogens is 1. The van der Waals surface area contributed by atoms with Crippen LogP contribution in [0.15, 0.2) is 18.2 Å². The zero-order valence-corrected chi connectivity index (χ0v) is 12.7. The monoisotopic (exact) mass is 322 g/mol. The Morgan fingerprint density at radius 3 is 2.83 bits per heavy atom. The molecule has 0 bridgehead atoms. The van der Waals surface area contributed by atoms with Gasteiger partial charge in [0, 0.05) is 0 Å². The third kappa shape index (κ3) is 3.12. The summed E-state index contributed by atoms with van der Waals surface area (Å²) in [6, 6.07) is 3.51. The summed E-state index contributed by atoms with van der Waals surface area (Å²) in [5, 5.41) is 19.5. The number of nitrogens with one attached hydrogen (secondary N) is 2. The fourth-order valence-corrected chi connectivity index (χ4v) is 2.26. The predicted molar refractivity (Wildman–Crippen MR) is 78.8 cm³/mol. The number of nitrogens with zero attached hydrogens (tertiary/aromatic N) is 2. The van der Waals surface area contributed by atoms with E-state index in [1.54, 1.807) is 13.0 Å². The molecule has 122 valence electrons. The van der Waals surface area contributed by atoms with Gasteiger partial charge < -0.3 is 10.1 Å². The lowest BCUT2D eigenvalue weighted by molar-refractivity contribution is -0.385. The number of aromatic amines is 1. The van der Waals surface area contributed by atoms with Crippen molar-refractivity contribution in [2.75, 3.05) is 7.11 Å². The number of methoxy groups -OCH3 is 1. The maximum Gasteiger partial charge on any atom is 0.322 e. The second-order valence-corrected chi connectivity index (χ2v) is 4.85. The van der Waals surface area contributed by atoms with Gasteiger partial charge in [-0.15, -0.1) is 0 Å². The van der Waals surface area contributed by atoms with Gasteiger partial charge in [-0.05, 0) is 26.0 Å². The third-order valence-corrected chi connectivity index (χ3v) is 3.33. The van der Waals surface area contributed by atoms with Crippen LogP contribution in [0.3, 0.4) is 0 Å². The Labute approximate surface area is 130 Å². The van der Waals surface area contributed by atoms with E-state index < -0.39 is 28.4 Å². The molecule has 0 radical (unpaired) electrons. The molecule has 0 saturated carbocycles. The first-order valence-electron chi connectivity index (χ1n) is 6.69. The Morgan fingerprint density at radius 2 is 2.22 bits per heavy atom. The zero-order chi connectivity index (χ0) is 17.1.